The van der Waals surface area contributed by atoms with Crippen molar-refractivity contribution in [2.24, 2.45) is 29.6 Å². The molecule has 4 aliphatic rings. The Morgan fingerprint density at radius 1 is 0.654 bits per heavy atom. The molecular weight excluding hydrogens is 320 g/mol. The molecule has 0 aromatic heterocycles. The molecule has 0 amide bonds. The van der Waals surface area contributed by atoms with Crippen molar-refractivity contribution >= 4 is 0 Å². The average Bonchev–Trinajstić information content (AvgIpc) is 3.54. The third-order valence-electron chi connectivity index (χ3n) is 7.86. The van der Waals surface area contributed by atoms with Crippen molar-refractivity contribution in [1.82, 2.24) is 0 Å². The number of ether oxygens (including phenoxy) is 2. The van der Waals surface area contributed by atoms with Crippen molar-refractivity contribution in [1.29, 1.82) is 0 Å². The molecule has 2 nitrogen and oxygen atoms in total. The minimum Gasteiger partial charge on any atom is -0.378 e. The largest absolute Gasteiger partial charge is 0.378 e. The molecule has 2 saturated carbocycles. The summed E-state index contributed by atoms with van der Waals surface area (Å²) in [5.74, 6) is 4.38. The van der Waals surface area contributed by atoms with E-state index in [1.807, 2.05) is 0 Å². The van der Waals surface area contributed by atoms with Crippen LogP contribution in [-0.2, 0) is 9.47 Å². The molecule has 0 N–H and O–H groups in total. The molecule has 2 aliphatic carbocycles. The second kappa shape index (κ2) is 9.24. The van der Waals surface area contributed by atoms with Crippen LogP contribution in [0.4, 0.5) is 0 Å². The predicted octanol–water partition coefficient (Wildman–Crippen LogP) is 6.15. The maximum absolute atomic E-state index is 6.14. The zero-order valence-electron chi connectivity index (χ0n) is 16.9. The molecule has 2 aliphatic heterocycles. The van der Waals surface area contributed by atoms with E-state index in [4.69, 9.17) is 9.47 Å². The summed E-state index contributed by atoms with van der Waals surface area (Å²) in [5.41, 5.74) is 0. The Hall–Kier alpha value is -0.340. The summed E-state index contributed by atoms with van der Waals surface area (Å²) in [6.07, 6.45) is 23.0. The van der Waals surface area contributed by atoms with E-state index in [2.05, 4.69) is 19.1 Å². The Morgan fingerprint density at radius 3 is 1.73 bits per heavy atom. The topological polar surface area (TPSA) is 21.8 Å². The highest BCUT2D eigenvalue weighted by Gasteiger charge is 2.35. The standard InChI is InChI=1S/C24H40O2/c1-2-3-23-15-14-22(16-25-23)20-10-6-18(7-11-20)4-5-19-8-12-21(13-9-19)24-17-26-24/h4-5,18-24H,2-3,6-17H2,1H3/b5-4+. The van der Waals surface area contributed by atoms with E-state index in [-0.39, 0.29) is 0 Å². The van der Waals surface area contributed by atoms with Crippen molar-refractivity contribution in [2.75, 3.05) is 13.2 Å². The van der Waals surface area contributed by atoms with Crippen LogP contribution in [0, 0.1) is 29.6 Å². The fourth-order valence-electron chi connectivity index (χ4n) is 5.91. The van der Waals surface area contributed by atoms with Crippen LogP contribution in [0.25, 0.3) is 0 Å². The minimum atomic E-state index is 0.567. The lowest BCUT2D eigenvalue weighted by atomic mass is 9.73. The molecule has 148 valence electrons. The van der Waals surface area contributed by atoms with Crippen LogP contribution in [0.3, 0.4) is 0 Å². The molecular formula is C24H40O2. The number of allylic oxidation sites excluding steroid dienone is 2. The fourth-order valence-corrected chi connectivity index (χ4v) is 5.91. The lowest BCUT2D eigenvalue weighted by Crippen LogP contribution is -2.32. The van der Waals surface area contributed by atoms with Gasteiger partial charge >= 0.3 is 0 Å². The molecule has 3 unspecified atom stereocenters. The van der Waals surface area contributed by atoms with Gasteiger partial charge in [-0.15, -0.1) is 0 Å². The van der Waals surface area contributed by atoms with Gasteiger partial charge in [0.25, 0.3) is 0 Å². The first-order valence-electron chi connectivity index (χ1n) is 11.7. The predicted molar refractivity (Wildman–Crippen MR) is 107 cm³/mol. The SMILES string of the molecule is CCCC1CCC(C2CCC(/C=C/C3CCC(C4CO4)CC3)CC2)CO1. The van der Waals surface area contributed by atoms with E-state index < -0.39 is 0 Å². The van der Waals surface area contributed by atoms with Crippen molar-refractivity contribution in [3.05, 3.63) is 12.2 Å². The maximum Gasteiger partial charge on any atom is 0.0838 e. The quantitative estimate of drug-likeness (QED) is 0.418. The highest BCUT2D eigenvalue weighted by Crippen LogP contribution is 2.40. The molecule has 0 aromatic carbocycles. The van der Waals surface area contributed by atoms with E-state index in [1.165, 1.54) is 77.0 Å². The van der Waals surface area contributed by atoms with Gasteiger partial charge < -0.3 is 9.47 Å². The number of hydrogen-bond donors (Lipinski definition) is 0. The molecule has 4 rings (SSSR count). The van der Waals surface area contributed by atoms with Crippen LogP contribution in [0.5, 0.6) is 0 Å². The van der Waals surface area contributed by atoms with E-state index in [0.29, 0.717) is 12.2 Å². The third kappa shape index (κ3) is 5.13. The van der Waals surface area contributed by atoms with Gasteiger partial charge in [-0.3, -0.25) is 0 Å². The van der Waals surface area contributed by atoms with Gasteiger partial charge in [0.1, 0.15) is 0 Å². The van der Waals surface area contributed by atoms with Crippen LogP contribution >= 0.6 is 0 Å². The Morgan fingerprint density at radius 2 is 1.23 bits per heavy atom. The van der Waals surface area contributed by atoms with Gasteiger partial charge in [-0.1, -0.05) is 25.5 Å². The lowest BCUT2D eigenvalue weighted by molar-refractivity contribution is -0.0413. The van der Waals surface area contributed by atoms with Crippen LogP contribution < -0.4 is 0 Å². The van der Waals surface area contributed by atoms with E-state index in [1.54, 1.807) is 0 Å². The molecule has 0 spiro atoms. The molecule has 3 atom stereocenters. The summed E-state index contributed by atoms with van der Waals surface area (Å²) in [6.45, 7) is 4.36. The zero-order valence-corrected chi connectivity index (χ0v) is 16.9. The summed E-state index contributed by atoms with van der Waals surface area (Å²) < 4.78 is 11.6. The van der Waals surface area contributed by atoms with Crippen molar-refractivity contribution in [3.63, 3.8) is 0 Å². The second-order valence-corrected chi connectivity index (χ2v) is 9.69. The molecule has 2 saturated heterocycles. The molecule has 0 aromatic rings. The van der Waals surface area contributed by atoms with Crippen molar-refractivity contribution in [3.8, 4) is 0 Å². The normalized spacial score (nSPS) is 44.3. The fraction of sp³-hybridized carbons (Fsp3) is 0.917. The Labute approximate surface area is 161 Å². The molecule has 0 bridgehead atoms. The first-order valence-corrected chi connectivity index (χ1v) is 11.7. The summed E-state index contributed by atoms with van der Waals surface area (Å²) in [4.78, 5) is 0. The summed E-state index contributed by atoms with van der Waals surface area (Å²) in [5, 5.41) is 0. The first kappa shape index (κ1) is 19.0. The van der Waals surface area contributed by atoms with Crippen LogP contribution in [0.1, 0.15) is 84.0 Å². The zero-order chi connectivity index (χ0) is 17.8. The van der Waals surface area contributed by atoms with Crippen LogP contribution in [0.2, 0.25) is 0 Å². The van der Waals surface area contributed by atoms with Gasteiger partial charge in [-0.05, 0) is 100 Å². The van der Waals surface area contributed by atoms with E-state index in [0.717, 1.165) is 42.8 Å². The number of epoxide rings is 1. The second-order valence-electron chi connectivity index (χ2n) is 9.69. The smallest absolute Gasteiger partial charge is 0.0838 e. The van der Waals surface area contributed by atoms with Gasteiger partial charge in [-0.2, -0.15) is 0 Å². The van der Waals surface area contributed by atoms with Crippen LogP contribution in [-0.4, -0.2) is 25.4 Å². The minimum absolute atomic E-state index is 0.567. The summed E-state index contributed by atoms with van der Waals surface area (Å²) >= 11 is 0. The Kier molecular flexibility index (Phi) is 6.75. The van der Waals surface area contributed by atoms with E-state index >= 15 is 0 Å². The van der Waals surface area contributed by atoms with Crippen molar-refractivity contribution in [2.45, 2.75) is 96.2 Å². The molecule has 2 heteroatoms. The lowest BCUT2D eigenvalue weighted by Gasteiger charge is -2.37. The van der Waals surface area contributed by atoms with E-state index in [9.17, 15) is 0 Å². The highest BCUT2D eigenvalue weighted by molar-refractivity contribution is 4.98. The summed E-state index contributed by atoms with van der Waals surface area (Å²) in [6, 6.07) is 0. The van der Waals surface area contributed by atoms with Gasteiger partial charge in [0.2, 0.25) is 0 Å². The maximum atomic E-state index is 6.14. The molecule has 4 fully saturated rings. The van der Waals surface area contributed by atoms with Gasteiger partial charge in [0, 0.05) is 0 Å². The Balaban J connectivity index is 1.14. The molecule has 2 heterocycles. The average molecular weight is 361 g/mol. The molecule has 26 heavy (non-hydrogen) atoms. The summed E-state index contributed by atoms with van der Waals surface area (Å²) in [7, 11) is 0. The van der Waals surface area contributed by atoms with Gasteiger partial charge in [0.15, 0.2) is 0 Å². The highest BCUT2D eigenvalue weighted by atomic mass is 16.6. The number of hydrogen-bond acceptors (Lipinski definition) is 2. The third-order valence-corrected chi connectivity index (χ3v) is 7.86. The number of rotatable bonds is 6. The first-order chi connectivity index (χ1) is 12.8. The van der Waals surface area contributed by atoms with Crippen LogP contribution in [0.15, 0.2) is 12.2 Å². The monoisotopic (exact) mass is 360 g/mol. The Bertz CT molecular complexity index is 431. The molecule has 0 radical (unpaired) electrons. The van der Waals surface area contributed by atoms with Gasteiger partial charge in [-0.25, -0.2) is 0 Å². The van der Waals surface area contributed by atoms with Gasteiger partial charge in [0.05, 0.1) is 25.4 Å². The van der Waals surface area contributed by atoms with Crippen molar-refractivity contribution < 1.29 is 9.47 Å².